The number of benzene rings is 4. The summed E-state index contributed by atoms with van der Waals surface area (Å²) in [5.74, 6) is 0.612. The van der Waals surface area contributed by atoms with Crippen molar-refractivity contribution in [1.29, 1.82) is 0 Å². The number of nitrogens with zero attached hydrogens (tertiary/aromatic N) is 6. The van der Waals surface area contributed by atoms with E-state index in [1.807, 2.05) is 86.6 Å². The van der Waals surface area contributed by atoms with Crippen molar-refractivity contribution in [1.82, 2.24) is 49.5 Å². The molecule has 8 N–H and O–H groups in total. The molecule has 0 aliphatic rings. The van der Waals surface area contributed by atoms with Crippen LogP contribution in [0, 0.1) is 13.8 Å². The Labute approximate surface area is 280 Å². The number of H-pyrrole nitrogens is 4. The van der Waals surface area contributed by atoms with Gasteiger partial charge in [0.2, 0.25) is 0 Å². The fourth-order valence-corrected chi connectivity index (χ4v) is 6.72. The number of aromatic nitrogens is 10. The molecule has 0 fully saturated rings. The first-order chi connectivity index (χ1) is 24.3. The van der Waals surface area contributed by atoms with Crippen LogP contribution in [0.4, 0.5) is 11.6 Å². The Morgan fingerprint density at radius 2 is 0.960 bits per heavy atom. The van der Waals surface area contributed by atoms with Crippen LogP contribution in [-0.2, 0) is 0 Å². The van der Waals surface area contributed by atoms with Crippen molar-refractivity contribution < 1.29 is 0 Å². The summed E-state index contributed by atoms with van der Waals surface area (Å²) in [7, 11) is 0. The molecule has 0 atom stereocenters. The van der Waals surface area contributed by atoms with Crippen molar-refractivity contribution in [3.05, 3.63) is 117 Å². The van der Waals surface area contributed by atoms with Gasteiger partial charge in [-0.15, -0.1) is 0 Å². The van der Waals surface area contributed by atoms with Crippen LogP contribution in [0.5, 0.6) is 0 Å². The number of nitrogens with one attached hydrogen (secondary N) is 4. The topological polar surface area (TPSA) is 211 Å². The summed E-state index contributed by atoms with van der Waals surface area (Å²) in [6.07, 6.45) is 3.27. The zero-order valence-corrected chi connectivity index (χ0v) is 26.7. The molecule has 4 aromatic carbocycles. The lowest BCUT2D eigenvalue weighted by Crippen LogP contribution is -2.09. The summed E-state index contributed by atoms with van der Waals surface area (Å²) in [5.41, 5.74) is 21.6. The minimum Gasteiger partial charge on any atom is -0.383 e. The summed E-state index contributed by atoms with van der Waals surface area (Å²) in [5, 5.41) is 11.9. The van der Waals surface area contributed by atoms with Crippen molar-refractivity contribution >= 4 is 77.3 Å². The molecule has 0 amide bonds. The average molecular weight is 661 g/mol. The SMILES string of the molecule is Cc1ccc2[nH]cnc2c1-n1nc2c(c1N)c(=O)[nH]c1ccccc12.Cc1ccc2[nH]cnc2c1-n1nc2c(c1N)c(=O)[nH]c1ccccc12. The van der Waals surface area contributed by atoms with Crippen molar-refractivity contribution in [3.8, 4) is 11.4 Å². The van der Waals surface area contributed by atoms with Crippen molar-refractivity contribution in [2.24, 2.45) is 0 Å². The van der Waals surface area contributed by atoms with E-state index in [-0.39, 0.29) is 11.1 Å². The molecule has 0 saturated carbocycles. The molecule has 50 heavy (non-hydrogen) atoms. The summed E-state index contributed by atoms with van der Waals surface area (Å²) in [6.45, 7) is 3.94. The Morgan fingerprint density at radius 1 is 0.540 bits per heavy atom. The molecule has 10 aromatic rings. The fourth-order valence-electron chi connectivity index (χ4n) is 6.72. The van der Waals surface area contributed by atoms with E-state index >= 15 is 0 Å². The van der Waals surface area contributed by atoms with E-state index < -0.39 is 0 Å². The van der Waals surface area contributed by atoms with Crippen molar-refractivity contribution in [2.45, 2.75) is 13.8 Å². The highest BCUT2D eigenvalue weighted by Gasteiger charge is 2.21. The number of hydrogen-bond donors (Lipinski definition) is 6. The molecule has 244 valence electrons. The first-order valence-corrected chi connectivity index (χ1v) is 15.7. The van der Waals surface area contributed by atoms with Gasteiger partial charge in [-0.3, -0.25) is 9.59 Å². The largest absolute Gasteiger partial charge is 0.383 e. The van der Waals surface area contributed by atoms with Gasteiger partial charge in [0.25, 0.3) is 11.1 Å². The third kappa shape index (κ3) is 4.14. The highest BCUT2D eigenvalue weighted by atomic mass is 16.1. The number of fused-ring (bicyclic) bond motifs is 8. The maximum Gasteiger partial charge on any atom is 0.261 e. The van der Waals surface area contributed by atoms with Gasteiger partial charge in [-0.25, -0.2) is 19.3 Å². The van der Waals surface area contributed by atoms with Crippen molar-refractivity contribution in [3.63, 3.8) is 0 Å². The molecule has 10 rings (SSSR count). The first kappa shape index (κ1) is 29.0. The Kier molecular flexibility index (Phi) is 6.17. The van der Waals surface area contributed by atoms with Gasteiger partial charge in [-0.1, -0.05) is 48.5 Å². The van der Waals surface area contributed by atoms with Gasteiger partial charge in [0.1, 0.15) is 44.5 Å². The van der Waals surface area contributed by atoms with Crippen LogP contribution in [0.25, 0.3) is 77.1 Å². The number of nitrogens with two attached hydrogens (primary N) is 2. The number of pyridine rings is 2. The molecule has 0 radical (unpaired) electrons. The monoisotopic (exact) mass is 660 g/mol. The summed E-state index contributed by atoms with van der Waals surface area (Å²) >= 11 is 0. The van der Waals surface area contributed by atoms with Crippen LogP contribution >= 0.6 is 0 Å². The standard InChI is InChI=1S/2C18H14N6O/c2*1-9-6-7-12-15(21-8-20-12)16(9)24-17(19)13-14(23-24)10-4-2-3-5-11(10)22-18(13)25/h2*2-8H,19H2,1H3,(H,20,21)(H,22,25). The summed E-state index contributed by atoms with van der Waals surface area (Å²) < 4.78 is 3.23. The van der Waals surface area contributed by atoms with Gasteiger partial charge in [0, 0.05) is 10.8 Å². The molecular weight excluding hydrogens is 632 g/mol. The maximum atomic E-state index is 12.5. The second-order valence-corrected chi connectivity index (χ2v) is 12.1. The van der Waals surface area contributed by atoms with E-state index in [0.717, 1.165) is 66.4 Å². The van der Waals surface area contributed by atoms with Crippen LogP contribution < -0.4 is 22.6 Å². The molecule has 0 bridgehead atoms. The predicted octanol–water partition coefficient (Wildman–Crippen LogP) is 5.27. The molecule has 0 spiro atoms. The number of rotatable bonds is 2. The molecule has 14 heteroatoms. The summed E-state index contributed by atoms with van der Waals surface area (Å²) in [4.78, 5) is 45.8. The Balaban J connectivity index is 0.000000135. The maximum absolute atomic E-state index is 12.5. The zero-order chi connectivity index (χ0) is 34.3. The quantitative estimate of drug-likeness (QED) is 0.143. The minimum absolute atomic E-state index is 0.246. The number of hydrogen-bond acceptors (Lipinski definition) is 8. The third-order valence-electron chi connectivity index (χ3n) is 9.11. The lowest BCUT2D eigenvalue weighted by molar-refractivity contribution is 0.906. The Morgan fingerprint density at radius 3 is 1.40 bits per heavy atom. The average Bonchev–Trinajstić information content (AvgIpc) is 3.92. The van der Waals surface area contributed by atoms with Gasteiger partial charge in [-0.2, -0.15) is 10.2 Å². The molecule has 14 nitrogen and oxygen atoms in total. The molecular formula is C36H28N12O2. The lowest BCUT2D eigenvalue weighted by Gasteiger charge is -2.08. The van der Waals surface area contributed by atoms with E-state index in [4.69, 9.17) is 11.5 Å². The Bertz CT molecular complexity index is 2890. The number of aryl methyl sites for hydroxylation is 2. The molecule has 0 aliphatic carbocycles. The fraction of sp³-hybridized carbons (Fsp3) is 0.0556. The van der Waals surface area contributed by atoms with Gasteiger partial charge in [0.05, 0.1) is 46.1 Å². The predicted molar refractivity (Wildman–Crippen MR) is 196 cm³/mol. The minimum atomic E-state index is -0.246. The van der Waals surface area contributed by atoms with Gasteiger partial charge >= 0.3 is 0 Å². The molecule has 0 saturated heterocycles. The van der Waals surface area contributed by atoms with E-state index in [9.17, 15) is 9.59 Å². The van der Waals surface area contributed by atoms with Crippen LogP contribution in [0.15, 0.2) is 95.0 Å². The lowest BCUT2D eigenvalue weighted by atomic mass is 10.1. The van der Waals surface area contributed by atoms with Crippen LogP contribution in [-0.4, -0.2) is 49.5 Å². The number of anilines is 2. The zero-order valence-electron chi connectivity index (χ0n) is 26.7. The Hall–Kier alpha value is -7.22. The highest BCUT2D eigenvalue weighted by Crippen LogP contribution is 2.32. The number of nitrogen functional groups attached to an aromatic ring is 2. The molecule has 6 aromatic heterocycles. The highest BCUT2D eigenvalue weighted by molar-refractivity contribution is 6.08. The first-order valence-electron chi connectivity index (χ1n) is 15.7. The van der Waals surface area contributed by atoms with Crippen LogP contribution in [0.2, 0.25) is 0 Å². The second-order valence-electron chi connectivity index (χ2n) is 12.1. The second kappa shape index (κ2) is 10.6. The van der Waals surface area contributed by atoms with Gasteiger partial charge in [0.15, 0.2) is 0 Å². The van der Waals surface area contributed by atoms with E-state index in [0.29, 0.717) is 33.4 Å². The van der Waals surface area contributed by atoms with Crippen LogP contribution in [0.1, 0.15) is 11.1 Å². The molecule has 0 aliphatic heterocycles. The number of imidazole rings is 2. The third-order valence-corrected chi connectivity index (χ3v) is 9.11. The summed E-state index contributed by atoms with van der Waals surface area (Å²) in [6, 6.07) is 23.0. The van der Waals surface area contributed by atoms with Crippen molar-refractivity contribution in [2.75, 3.05) is 11.5 Å². The molecule has 0 unspecified atom stereocenters. The van der Waals surface area contributed by atoms with E-state index in [2.05, 4.69) is 40.1 Å². The number of para-hydroxylation sites is 2. The normalized spacial score (nSPS) is 11.7. The van der Waals surface area contributed by atoms with Crippen LogP contribution in [0.3, 0.4) is 0 Å². The van der Waals surface area contributed by atoms with E-state index in [1.165, 1.54) is 0 Å². The number of aromatic amines is 4. The smallest absolute Gasteiger partial charge is 0.261 e. The van der Waals surface area contributed by atoms with Gasteiger partial charge < -0.3 is 31.4 Å². The van der Waals surface area contributed by atoms with Gasteiger partial charge in [-0.05, 0) is 49.2 Å². The van der Waals surface area contributed by atoms with E-state index in [1.54, 1.807) is 22.0 Å². The molecule has 6 heterocycles.